The molecule has 0 heterocycles. The number of carboxylic acid groups (broad SMARTS) is 1. The first-order chi connectivity index (χ1) is 12.9. The molecule has 0 saturated heterocycles. The van der Waals surface area contributed by atoms with Crippen LogP contribution in [0.25, 0.3) is 0 Å². The summed E-state index contributed by atoms with van der Waals surface area (Å²) in [7, 11) is -4.17. The monoisotopic (exact) mass is 425 g/mol. The molecule has 1 aliphatic rings. The number of amides is 1. The number of sulfonamides is 1. The summed E-state index contributed by atoms with van der Waals surface area (Å²) < 4.78 is 32.5. The van der Waals surface area contributed by atoms with Crippen LogP contribution in [0.15, 0.2) is 29.2 Å². The minimum absolute atomic E-state index is 0.0487. The number of aliphatic carboxylic acids is 1. The van der Waals surface area contributed by atoms with Crippen molar-refractivity contribution in [3.8, 4) is 0 Å². The number of benzene rings is 1. The quantitative estimate of drug-likeness (QED) is 0.774. The smallest absolute Gasteiger partial charge is 0.424 e. The van der Waals surface area contributed by atoms with Crippen LogP contribution < -0.4 is 0 Å². The molecule has 0 unspecified atom stereocenters. The van der Waals surface area contributed by atoms with Crippen molar-refractivity contribution in [2.45, 2.75) is 77.3 Å². The minimum atomic E-state index is -4.17. The van der Waals surface area contributed by atoms with Gasteiger partial charge in [-0.05, 0) is 64.7 Å². The number of carbonyl (C=O) groups excluding carboxylic acids is 1. The van der Waals surface area contributed by atoms with Crippen LogP contribution in [0.3, 0.4) is 0 Å². The highest BCUT2D eigenvalue weighted by Gasteiger charge is 2.62. The Morgan fingerprint density at radius 1 is 1.03 bits per heavy atom. The van der Waals surface area contributed by atoms with Gasteiger partial charge in [-0.3, -0.25) is 4.79 Å². The third-order valence-electron chi connectivity index (χ3n) is 5.04. The van der Waals surface area contributed by atoms with Gasteiger partial charge in [-0.15, -0.1) is 0 Å². The van der Waals surface area contributed by atoms with Gasteiger partial charge in [0.1, 0.15) is 5.60 Å². The summed E-state index contributed by atoms with van der Waals surface area (Å²) in [4.78, 5) is 24.0. The maximum absolute atomic E-state index is 13.2. The molecule has 0 bridgehead atoms. The Bertz CT molecular complexity index is 904. The largest absolute Gasteiger partial charge is 0.481 e. The van der Waals surface area contributed by atoms with Crippen LogP contribution in [-0.4, -0.2) is 41.0 Å². The van der Waals surface area contributed by atoms with Crippen LogP contribution >= 0.6 is 0 Å². The summed E-state index contributed by atoms with van der Waals surface area (Å²) in [5, 5.41) is 9.37. The van der Waals surface area contributed by atoms with Crippen molar-refractivity contribution in [1.82, 2.24) is 4.31 Å². The molecule has 29 heavy (non-hydrogen) atoms. The highest BCUT2D eigenvalue weighted by atomic mass is 32.2. The molecule has 2 atom stereocenters. The van der Waals surface area contributed by atoms with Crippen molar-refractivity contribution in [3.63, 3.8) is 0 Å². The third kappa shape index (κ3) is 4.57. The van der Waals surface area contributed by atoms with E-state index in [1.54, 1.807) is 53.7 Å². The fourth-order valence-electron chi connectivity index (χ4n) is 3.71. The second-order valence-electron chi connectivity index (χ2n) is 10.1. The van der Waals surface area contributed by atoms with Gasteiger partial charge in [0.05, 0.1) is 16.4 Å². The SMILES string of the molecule is CC(C)(C)OC(=O)N(C(C)(C)C)S(=O)(=O)c1ccc([C@H]2[C@H](C(=O)O)C2(C)C)cc1. The van der Waals surface area contributed by atoms with Crippen molar-refractivity contribution < 1.29 is 27.9 Å². The zero-order valence-electron chi connectivity index (χ0n) is 18.3. The van der Waals surface area contributed by atoms with Crippen LogP contribution in [0.2, 0.25) is 0 Å². The van der Waals surface area contributed by atoms with Crippen molar-refractivity contribution in [2.75, 3.05) is 0 Å². The van der Waals surface area contributed by atoms with E-state index in [1.807, 2.05) is 13.8 Å². The zero-order chi connectivity index (χ0) is 22.6. The number of ether oxygens (including phenoxy) is 1. The highest BCUT2D eigenvalue weighted by Crippen LogP contribution is 2.64. The van der Waals surface area contributed by atoms with Crippen molar-refractivity contribution in [1.29, 1.82) is 0 Å². The molecule has 1 aromatic rings. The summed E-state index contributed by atoms with van der Waals surface area (Å²) in [5.74, 6) is -1.54. The molecule has 1 N–H and O–H groups in total. The van der Waals surface area contributed by atoms with Gasteiger partial charge < -0.3 is 9.84 Å². The standard InChI is InChI=1S/C21H31NO6S/c1-19(2,3)22(18(25)28-20(4,5)6)29(26,27)14-11-9-13(10-12-14)15-16(17(23)24)21(15,7)8/h9-12,15-16H,1-8H3,(H,23,24)/t15-,16+/m0/s1. The predicted octanol–water partition coefficient (Wildman–Crippen LogP) is 4.24. The van der Waals surface area contributed by atoms with Gasteiger partial charge in [-0.2, -0.15) is 4.31 Å². The molecule has 2 rings (SSSR count). The Hall–Kier alpha value is -2.09. The van der Waals surface area contributed by atoms with Gasteiger partial charge in [0.25, 0.3) is 10.0 Å². The molecule has 8 heteroatoms. The molecule has 162 valence electrons. The van der Waals surface area contributed by atoms with Crippen LogP contribution in [0.4, 0.5) is 4.79 Å². The summed E-state index contributed by atoms with van der Waals surface area (Å²) in [5.41, 5.74) is -1.50. The van der Waals surface area contributed by atoms with Gasteiger partial charge in [0, 0.05) is 5.92 Å². The molecule has 1 amide bonds. The Morgan fingerprint density at radius 3 is 1.86 bits per heavy atom. The van der Waals surface area contributed by atoms with E-state index in [2.05, 4.69) is 0 Å². The molecule has 0 radical (unpaired) electrons. The van der Waals surface area contributed by atoms with Crippen LogP contribution in [-0.2, 0) is 19.6 Å². The summed E-state index contributed by atoms with van der Waals surface area (Å²) in [6, 6.07) is 6.08. The lowest BCUT2D eigenvalue weighted by Gasteiger charge is -2.35. The van der Waals surface area contributed by atoms with Gasteiger partial charge in [0.15, 0.2) is 0 Å². The Balaban J connectivity index is 2.39. The molecule has 0 aromatic heterocycles. The molecule has 1 aromatic carbocycles. The molecular formula is C21H31NO6S. The normalized spacial score (nSPS) is 21.4. The number of hydrogen-bond donors (Lipinski definition) is 1. The van der Waals surface area contributed by atoms with E-state index in [0.29, 0.717) is 0 Å². The average Bonchev–Trinajstić information content (AvgIpc) is 3.06. The molecule has 1 fully saturated rings. The number of nitrogens with zero attached hydrogens (tertiary/aromatic N) is 1. The number of hydrogen-bond acceptors (Lipinski definition) is 5. The van der Waals surface area contributed by atoms with Crippen molar-refractivity contribution in [3.05, 3.63) is 29.8 Å². The number of carbonyl (C=O) groups is 2. The maximum Gasteiger partial charge on any atom is 0.424 e. The van der Waals surface area contributed by atoms with Crippen LogP contribution in [0.5, 0.6) is 0 Å². The average molecular weight is 426 g/mol. The van der Waals surface area contributed by atoms with E-state index in [9.17, 15) is 23.1 Å². The molecule has 1 aliphatic carbocycles. The van der Waals surface area contributed by atoms with E-state index < -0.39 is 39.1 Å². The van der Waals surface area contributed by atoms with Gasteiger partial charge in [-0.1, -0.05) is 26.0 Å². The summed E-state index contributed by atoms with van der Waals surface area (Å²) in [6.07, 6.45) is -0.941. The number of carboxylic acids is 1. The van der Waals surface area contributed by atoms with Crippen molar-refractivity contribution in [2.24, 2.45) is 11.3 Å². The predicted molar refractivity (Wildman–Crippen MR) is 109 cm³/mol. The fourth-order valence-corrected chi connectivity index (χ4v) is 5.35. The van der Waals surface area contributed by atoms with E-state index >= 15 is 0 Å². The Labute approximate surface area is 173 Å². The van der Waals surface area contributed by atoms with Gasteiger partial charge >= 0.3 is 12.1 Å². The van der Waals surface area contributed by atoms with E-state index in [4.69, 9.17) is 4.74 Å². The molecule has 0 spiro atoms. The summed E-state index contributed by atoms with van der Waals surface area (Å²) >= 11 is 0. The first-order valence-electron chi connectivity index (χ1n) is 9.52. The van der Waals surface area contributed by atoms with E-state index in [-0.39, 0.29) is 16.2 Å². The minimum Gasteiger partial charge on any atom is -0.481 e. The molecular weight excluding hydrogens is 394 g/mol. The first-order valence-corrected chi connectivity index (χ1v) is 11.0. The number of rotatable bonds is 4. The first kappa shape index (κ1) is 23.2. The van der Waals surface area contributed by atoms with Crippen LogP contribution in [0, 0.1) is 11.3 Å². The molecule has 0 aliphatic heterocycles. The molecule has 1 saturated carbocycles. The van der Waals surface area contributed by atoms with Crippen molar-refractivity contribution >= 4 is 22.1 Å². The van der Waals surface area contributed by atoms with Gasteiger partial charge in [-0.25, -0.2) is 13.2 Å². The zero-order valence-corrected chi connectivity index (χ0v) is 19.1. The second kappa shape index (κ2) is 7.00. The lowest BCUT2D eigenvalue weighted by molar-refractivity contribution is -0.139. The molecule has 7 nitrogen and oxygen atoms in total. The Morgan fingerprint density at radius 2 is 1.52 bits per heavy atom. The summed E-state index contributed by atoms with van der Waals surface area (Å²) in [6.45, 7) is 13.6. The lowest BCUT2D eigenvalue weighted by atomic mass is 10.0. The highest BCUT2D eigenvalue weighted by molar-refractivity contribution is 7.89. The van der Waals surface area contributed by atoms with Gasteiger partial charge in [0.2, 0.25) is 0 Å². The van der Waals surface area contributed by atoms with E-state index in [0.717, 1.165) is 9.87 Å². The third-order valence-corrected chi connectivity index (χ3v) is 7.08. The Kier molecular flexibility index (Phi) is 5.60. The second-order valence-corrected chi connectivity index (χ2v) is 11.9. The lowest BCUT2D eigenvalue weighted by Crippen LogP contribution is -2.51. The van der Waals surface area contributed by atoms with Crippen LogP contribution in [0.1, 0.15) is 66.9 Å². The topological polar surface area (TPSA) is 101 Å². The van der Waals surface area contributed by atoms with E-state index in [1.165, 1.54) is 12.1 Å². The maximum atomic E-state index is 13.2. The fraction of sp³-hybridized carbons (Fsp3) is 0.619.